The van der Waals surface area contributed by atoms with Gasteiger partial charge >= 0.3 is 0 Å². The molecule has 0 aliphatic heterocycles. The Morgan fingerprint density at radius 3 is 2.68 bits per heavy atom. The van der Waals surface area contributed by atoms with Crippen molar-refractivity contribution >= 4 is 28.8 Å². The first kappa shape index (κ1) is 16.6. The summed E-state index contributed by atoms with van der Waals surface area (Å²) < 4.78 is 10.9. The van der Waals surface area contributed by atoms with E-state index in [4.69, 9.17) is 21.1 Å². The maximum absolute atomic E-state index is 11.9. The fourth-order valence-electron chi connectivity index (χ4n) is 1.92. The van der Waals surface area contributed by atoms with E-state index in [2.05, 4.69) is 5.32 Å². The zero-order valence-electron chi connectivity index (χ0n) is 12.1. The third kappa shape index (κ3) is 3.91. The Hall–Kier alpha value is -1.76. The summed E-state index contributed by atoms with van der Waals surface area (Å²) in [6.07, 6.45) is -0.913. The minimum absolute atomic E-state index is 0.0535. The van der Waals surface area contributed by atoms with Crippen LogP contribution in [0.5, 0.6) is 11.5 Å². The van der Waals surface area contributed by atoms with Crippen molar-refractivity contribution < 1.29 is 19.4 Å². The van der Waals surface area contributed by atoms with Crippen LogP contribution in [0.1, 0.15) is 21.3 Å². The van der Waals surface area contributed by atoms with E-state index < -0.39 is 6.10 Å². The molecule has 7 heteroatoms. The number of hydrogen-bond donors (Lipinski definition) is 2. The average molecular weight is 342 g/mol. The van der Waals surface area contributed by atoms with Gasteiger partial charge in [0.25, 0.3) is 5.91 Å². The van der Waals surface area contributed by atoms with E-state index in [-0.39, 0.29) is 12.5 Å². The van der Waals surface area contributed by atoms with Crippen molar-refractivity contribution in [1.82, 2.24) is 5.32 Å². The van der Waals surface area contributed by atoms with E-state index in [1.807, 2.05) is 0 Å². The van der Waals surface area contributed by atoms with Crippen molar-refractivity contribution in [2.24, 2.45) is 0 Å². The number of aliphatic hydroxyl groups excluding tert-OH is 1. The number of halogens is 1. The van der Waals surface area contributed by atoms with Crippen molar-refractivity contribution in [3.63, 3.8) is 0 Å². The number of aliphatic hydroxyl groups is 1. The van der Waals surface area contributed by atoms with Gasteiger partial charge in [-0.25, -0.2) is 0 Å². The third-order valence-electron chi connectivity index (χ3n) is 3.05. The fraction of sp³-hybridized carbons (Fsp3) is 0.267. The van der Waals surface area contributed by atoms with Gasteiger partial charge in [-0.1, -0.05) is 11.6 Å². The molecular weight excluding hydrogens is 326 g/mol. The summed E-state index contributed by atoms with van der Waals surface area (Å²) >= 11 is 6.98. The third-order valence-corrected chi connectivity index (χ3v) is 4.28. The Morgan fingerprint density at radius 2 is 2.09 bits per heavy atom. The van der Waals surface area contributed by atoms with Crippen LogP contribution in [0.3, 0.4) is 0 Å². The van der Waals surface area contributed by atoms with Gasteiger partial charge in [0.1, 0.15) is 17.6 Å². The lowest BCUT2D eigenvalue weighted by Gasteiger charge is -2.16. The molecule has 2 aromatic rings. The first-order valence-electron chi connectivity index (χ1n) is 6.48. The molecule has 1 aromatic carbocycles. The molecule has 0 aliphatic carbocycles. The highest BCUT2D eigenvalue weighted by molar-refractivity contribution is 7.17. The van der Waals surface area contributed by atoms with E-state index in [9.17, 15) is 9.90 Å². The van der Waals surface area contributed by atoms with Crippen molar-refractivity contribution in [2.45, 2.75) is 6.10 Å². The molecule has 0 aliphatic rings. The molecule has 1 aromatic heterocycles. The van der Waals surface area contributed by atoms with Gasteiger partial charge in [0.05, 0.1) is 23.4 Å². The largest absolute Gasteiger partial charge is 0.497 e. The highest BCUT2D eigenvalue weighted by Gasteiger charge is 2.16. The minimum Gasteiger partial charge on any atom is -0.497 e. The van der Waals surface area contributed by atoms with E-state index in [0.29, 0.717) is 26.3 Å². The number of nitrogens with one attached hydrogen (secondary N) is 1. The van der Waals surface area contributed by atoms with Crippen molar-refractivity contribution in [1.29, 1.82) is 0 Å². The van der Waals surface area contributed by atoms with Gasteiger partial charge in [0, 0.05) is 12.1 Å². The number of ether oxygens (including phenoxy) is 2. The molecule has 0 spiro atoms. The highest BCUT2D eigenvalue weighted by atomic mass is 35.5. The molecule has 118 valence electrons. The molecule has 0 fully saturated rings. The van der Waals surface area contributed by atoms with Crippen LogP contribution < -0.4 is 14.8 Å². The van der Waals surface area contributed by atoms with Gasteiger partial charge in [-0.15, -0.1) is 11.3 Å². The number of carbonyl (C=O) groups is 1. The predicted molar refractivity (Wildman–Crippen MR) is 86.2 cm³/mol. The van der Waals surface area contributed by atoms with Crippen molar-refractivity contribution in [3.8, 4) is 11.5 Å². The molecule has 1 heterocycles. The Bertz CT molecular complexity index is 659. The summed E-state index contributed by atoms with van der Waals surface area (Å²) in [6, 6.07) is 8.42. The number of thiophene rings is 1. The number of rotatable bonds is 6. The van der Waals surface area contributed by atoms with E-state index in [1.165, 1.54) is 18.4 Å². The lowest BCUT2D eigenvalue weighted by atomic mass is 10.1. The van der Waals surface area contributed by atoms with E-state index >= 15 is 0 Å². The normalized spacial score (nSPS) is 11.8. The Labute approximate surface area is 137 Å². The molecule has 2 rings (SSSR count). The first-order chi connectivity index (χ1) is 10.5. The molecular formula is C15H16ClNO4S. The van der Waals surface area contributed by atoms with Gasteiger partial charge < -0.3 is 19.9 Å². The monoisotopic (exact) mass is 341 g/mol. The van der Waals surface area contributed by atoms with Gasteiger partial charge in [-0.05, 0) is 30.3 Å². The molecule has 1 amide bonds. The number of amides is 1. The maximum Gasteiger partial charge on any atom is 0.261 e. The Morgan fingerprint density at radius 1 is 1.32 bits per heavy atom. The molecule has 2 N–H and O–H groups in total. The number of methoxy groups -OCH3 is 2. The standard InChI is InChI=1S/C15H16ClNO4S/c1-20-9-3-4-12(21-2)10(7-9)11(18)8-17-15(19)13-5-6-14(16)22-13/h3-7,11,18H,8H2,1-2H3,(H,17,19)/t11-/m0/s1. The zero-order valence-corrected chi connectivity index (χ0v) is 13.7. The molecule has 0 saturated carbocycles. The Balaban J connectivity index is 2.05. The van der Waals surface area contributed by atoms with Gasteiger partial charge in [0.15, 0.2) is 0 Å². The lowest BCUT2D eigenvalue weighted by Crippen LogP contribution is -2.27. The van der Waals surface area contributed by atoms with Crippen LogP contribution in [0.2, 0.25) is 4.34 Å². The summed E-state index contributed by atoms with van der Waals surface area (Å²) in [5.74, 6) is 0.853. The van der Waals surface area contributed by atoms with Crippen molar-refractivity contribution in [3.05, 3.63) is 45.1 Å². The molecule has 0 radical (unpaired) electrons. The molecule has 0 unspecified atom stereocenters. The smallest absolute Gasteiger partial charge is 0.261 e. The molecule has 5 nitrogen and oxygen atoms in total. The average Bonchev–Trinajstić information content (AvgIpc) is 2.98. The summed E-state index contributed by atoms with van der Waals surface area (Å²) in [5.41, 5.74) is 0.548. The fourth-order valence-corrected chi connectivity index (χ4v) is 2.88. The van der Waals surface area contributed by atoms with Crippen LogP contribution >= 0.6 is 22.9 Å². The number of hydrogen-bond acceptors (Lipinski definition) is 5. The summed E-state index contributed by atoms with van der Waals surface area (Å²) in [5, 5.41) is 12.9. The summed E-state index contributed by atoms with van der Waals surface area (Å²) in [4.78, 5) is 12.4. The minimum atomic E-state index is -0.913. The van der Waals surface area contributed by atoms with Crippen LogP contribution in [0.15, 0.2) is 30.3 Å². The first-order valence-corrected chi connectivity index (χ1v) is 7.68. The summed E-state index contributed by atoms with van der Waals surface area (Å²) in [6.45, 7) is 0.0535. The zero-order chi connectivity index (χ0) is 16.1. The molecule has 0 saturated heterocycles. The second-order valence-electron chi connectivity index (χ2n) is 4.44. The SMILES string of the molecule is COc1ccc(OC)c([C@@H](O)CNC(=O)c2ccc(Cl)s2)c1. The molecule has 1 atom stereocenters. The number of carbonyl (C=O) groups excluding carboxylic acids is 1. The van der Waals surface area contributed by atoms with Crippen LogP contribution in [-0.4, -0.2) is 31.8 Å². The predicted octanol–water partition coefficient (Wildman–Crippen LogP) is 2.88. The van der Waals surface area contributed by atoms with Crippen LogP contribution in [0, 0.1) is 0 Å². The van der Waals surface area contributed by atoms with Gasteiger partial charge in [-0.3, -0.25) is 4.79 Å². The maximum atomic E-state index is 11.9. The van der Waals surface area contributed by atoms with Crippen molar-refractivity contribution in [2.75, 3.05) is 20.8 Å². The van der Waals surface area contributed by atoms with Gasteiger partial charge in [-0.2, -0.15) is 0 Å². The van der Waals surface area contributed by atoms with Crippen LogP contribution in [0.4, 0.5) is 0 Å². The highest BCUT2D eigenvalue weighted by Crippen LogP contribution is 2.29. The van der Waals surface area contributed by atoms with Crippen LogP contribution in [-0.2, 0) is 0 Å². The van der Waals surface area contributed by atoms with Crippen LogP contribution in [0.25, 0.3) is 0 Å². The topological polar surface area (TPSA) is 67.8 Å². The lowest BCUT2D eigenvalue weighted by molar-refractivity contribution is 0.0918. The second-order valence-corrected chi connectivity index (χ2v) is 6.15. The molecule has 22 heavy (non-hydrogen) atoms. The summed E-state index contributed by atoms with van der Waals surface area (Å²) in [7, 11) is 3.06. The number of benzene rings is 1. The second kappa shape index (κ2) is 7.49. The Kier molecular flexibility index (Phi) is 5.65. The van der Waals surface area contributed by atoms with E-state index in [1.54, 1.807) is 37.4 Å². The van der Waals surface area contributed by atoms with E-state index in [0.717, 1.165) is 0 Å². The molecule has 0 bridgehead atoms. The quantitative estimate of drug-likeness (QED) is 0.847. The van der Waals surface area contributed by atoms with Gasteiger partial charge in [0.2, 0.25) is 0 Å².